The molecule has 4 heteroatoms. The van der Waals surface area contributed by atoms with Crippen molar-refractivity contribution in [3.8, 4) is 11.5 Å². The van der Waals surface area contributed by atoms with Crippen molar-refractivity contribution >= 4 is 22.4 Å². The molecule has 29 heavy (non-hydrogen) atoms. The largest absolute Gasteiger partial charge is 0.497 e. The van der Waals surface area contributed by atoms with Crippen molar-refractivity contribution in [3.05, 3.63) is 103 Å². The van der Waals surface area contributed by atoms with Crippen molar-refractivity contribution in [3.63, 3.8) is 0 Å². The maximum absolute atomic E-state index is 13.1. The third-order valence-corrected chi connectivity index (χ3v) is 4.67. The molecule has 4 aromatic rings. The molecule has 0 heterocycles. The van der Waals surface area contributed by atoms with Crippen molar-refractivity contribution in [2.45, 2.75) is 6.10 Å². The molecule has 4 nitrogen and oxygen atoms in total. The molecular weight excluding hydrogens is 362 g/mol. The number of methoxy groups -OCH3 is 1. The van der Waals surface area contributed by atoms with Gasteiger partial charge in [0.25, 0.3) is 5.91 Å². The Hall–Kier alpha value is -3.79. The first kappa shape index (κ1) is 18.6. The first-order chi connectivity index (χ1) is 14.2. The quantitative estimate of drug-likeness (QED) is 0.471. The average Bonchev–Trinajstić information content (AvgIpc) is 2.78. The first-order valence-electron chi connectivity index (χ1n) is 9.38. The fraction of sp³-hybridized carbons (Fsp3) is 0.0800. The standard InChI is InChI=1S/C25H21NO3/c1-28-22-13-15-23(16-14-22)29-24(19-8-3-2-4-9-19)25(27)26-21-12-11-18-7-5-6-10-20(18)17-21/h2-17,24H,1H3,(H,26,27). The van der Waals surface area contributed by atoms with Crippen LogP contribution < -0.4 is 14.8 Å². The normalized spacial score (nSPS) is 11.6. The van der Waals surface area contributed by atoms with Gasteiger partial charge in [-0.3, -0.25) is 4.79 Å². The van der Waals surface area contributed by atoms with Gasteiger partial charge >= 0.3 is 0 Å². The van der Waals surface area contributed by atoms with Gasteiger partial charge in [0.05, 0.1) is 7.11 Å². The predicted octanol–water partition coefficient (Wildman–Crippen LogP) is 5.61. The molecule has 0 aliphatic carbocycles. The second-order valence-corrected chi connectivity index (χ2v) is 6.64. The van der Waals surface area contributed by atoms with Crippen LogP contribution in [0.4, 0.5) is 5.69 Å². The molecule has 4 aromatic carbocycles. The molecule has 4 rings (SSSR count). The minimum Gasteiger partial charge on any atom is -0.497 e. The Balaban J connectivity index is 1.59. The number of fused-ring (bicyclic) bond motifs is 1. The summed E-state index contributed by atoms with van der Waals surface area (Å²) < 4.78 is 11.2. The minimum atomic E-state index is -0.781. The summed E-state index contributed by atoms with van der Waals surface area (Å²) >= 11 is 0. The number of anilines is 1. The molecule has 1 amide bonds. The van der Waals surface area contributed by atoms with E-state index in [1.54, 1.807) is 31.4 Å². The Labute approximate surface area is 169 Å². The summed E-state index contributed by atoms with van der Waals surface area (Å²) in [4.78, 5) is 13.1. The fourth-order valence-electron chi connectivity index (χ4n) is 3.17. The average molecular weight is 383 g/mol. The van der Waals surface area contributed by atoms with Gasteiger partial charge in [-0.2, -0.15) is 0 Å². The maximum atomic E-state index is 13.1. The highest BCUT2D eigenvalue weighted by atomic mass is 16.5. The predicted molar refractivity (Wildman–Crippen MR) is 115 cm³/mol. The van der Waals surface area contributed by atoms with Crippen molar-refractivity contribution < 1.29 is 14.3 Å². The van der Waals surface area contributed by atoms with Crippen molar-refractivity contribution in [1.82, 2.24) is 0 Å². The summed E-state index contributed by atoms with van der Waals surface area (Å²) in [7, 11) is 1.61. The highest BCUT2D eigenvalue weighted by Gasteiger charge is 2.23. The molecule has 1 atom stereocenters. The van der Waals surface area contributed by atoms with E-state index >= 15 is 0 Å². The molecule has 0 saturated carbocycles. The topological polar surface area (TPSA) is 47.6 Å². The van der Waals surface area contributed by atoms with Gasteiger partial charge in [0.2, 0.25) is 6.10 Å². The van der Waals surface area contributed by atoms with Crippen molar-refractivity contribution in [2.75, 3.05) is 12.4 Å². The molecule has 0 bridgehead atoms. The van der Waals surface area contributed by atoms with Gasteiger partial charge in [0, 0.05) is 11.3 Å². The molecule has 0 radical (unpaired) electrons. The number of amides is 1. The lowest BCUT2D eigenvalue weighted by Crippen LogP contribution is -2.25. The number of hydrogen-bond donors (Lipinski definition) is 1. The Morgan fingerprint density at radius 2 is 1.41 bits per heavy atom. The van der Waals surface area contributed by atoms with E-state index in [0.29, 0.717) is 5.75 Å². The molecule has 0 spiro atoms. The monoisotopic (exact) mass is 383 g/mol. The summed E-state index contributed by atoms with van der Waals surface area (Å²) in [6.45, 7) is 0. The molecule has 0 aliphatic heterocycles. The molecule has 0 aromatic heterocycles. The van der Waals surface area contributed by atoms with E-state index in [0.717, 1.165) is 27.8 Å². The second-order valence-electron chi connectivity index (χ2n) is 6.64. The first-order valence-corrected chi connectivity index (χ1v) is 9.38. The van der Waals surface area contributed by atoms with Crippen LogP contribution in [0.1, 0.15) is 11.7 Å². The Bertz CT molecular complexity index is 1110. The zero-order chi connectivity index (χ0) is 20.1. The molecular formula is C25H21NO3. The van der Waals surface area contributed by atoms with E-state index in [1.807, 2.05) is 72.8 Å². The van der Waals surface area contributed by atoms with Crippen LogP contribution in [0.2, 0.25) is 0 Å². The summed E-state index contributed by atoms with van der Waals surface area (Å²) in [6.07, 6.45) is -0.781. The van der Waals surface area contributed by atoms with Crippen LogP contribution in [0.15, 0.2) is 97.1 Å². The number of carbonyl (C=O) groups is 1. The zero-order valence-corrected chi connectivity index (χ0v) is 16.0. The SMILES string of the molecule is COc1ccc(OC(C(=O)Nc2ccc3ccccc3c2)c2ccccc2)cc1. The van der Waals surface area contributed by atoms with E-state index in [2.05, 4.69) is 5.32 Å². The highest BCUT2D eigenvalue weighted by molar-refractivity contribution is 5.97. The lowest BCUT2D eigenvalue weighted by atomic mass is 10.1. The molecule has 144 valence electrons. The summed E-state index contributed by atoms with van der Waals surface area (Å²) in [5.41, 5.74) is 1.51. The van der Waals surface area contributed by atoms with Crippen LogP contribution in [0.3, 0.4) is 0 Å². The molecule has 1 N–H and O–H groups in total. The summed E-state index contributed by atoms with van der Waals surface area (Å²) in [5, 5.41) is 5.18. The van der Waals surface area contributed by atoms with Crippen LogP contribution >= 0.6 is 0 Å². The molecule has 0 aliphatic rings. The molecule has 1 unspecified atom stereocenters. The number of benzene rings is 4. The smallest absolute Gasteiger partial charge is 0.270 e. The van der Waals surface area contributed by atoms with Crippen LogP contribution in [0.5, 0.6) is 11.5 Å². The number of ether oxygens (including phenoxy) is 2. The minimum absolute atomic E-state index is 0.234. The number of rotatable bonds is 6. The van der Waals surface area contributed by atoms with E-state index in [4.69, 9.17) is 9.47 Å². The Morgan fingerprint density at radius 1 is 0.759 bits per heavy atom. The van der Waals surface area contributed by atoms with Gasteiger partial charge in [-0.25, -0.2) is 0 Å². The third-order valence-electron chi connectivity index (χ3n) is 4.67. The third kappa shape index (κ3) is 4.38. The van der Waals surface area contributed by atoms with E-state index in [9.17, 15) is 4.79 Å². The van der Waals surface area contributed by atoms with Gasteiger partial charge in [0.1, 0.15) is 11.5 Å². The van der Waals surface area contributed by atoms with Crippen LogP contribution in [-0.4, -0.2) is 13.0 Å². The van der Waals surface area contributed by atoms with Crippen LogP contribution in [-0.2, 0) is 4.79 Å². The fourth-order valence-corrected chi connectivity index (χ4v) is 3.17. The number of nitrogens with one attached hydrogen (secondary N) is 1. The van der Waals surface area contributed by atoms with Crippen LogP contribution in [0.25, 0.3) is 10.8 Å². The van der Waals surface area contributed by atoms with E-state index in [-0.39, 0.29) is 5.91 Å². The highest BCUT2D eigenvalue weighted by Crippen LogP contribution is 2.26. The Kier molecular flexibility index (Phi) is 5.43. The Morgan fingerprint density at radius 3 is 2.14 bits per heavy atom. The summed E-state index contributed by atoms with van der Waals surface area (Å²) in [5.74, 6) is 1.09. The molecule has 0 saturated heterocycles. The lowest BCUT2D eigenvalue weighted by molar-refractivity contribution is -0.123. The summed E-state index contributed by atoms with van der Waals surface area (Å²) in [6, 6.07) is 30.5. The van der Waals surface area contributed by atoms with Crippen LogP contribution in [0, 0.1) is 0 Å². The van der Waals surface area contributed by atoms with Crippen molar-refractivity contribution in [1.29, 1.82) is 0 Å². The zero-order valence-electron chi connectivity index (χ0n) is 16.0. The molecule has 0 fully saturated rings. The van der Waals surface area contributed by atoms with Gasteiger partial charge in [-0.1, -0.05) is 60.7 Å². The van der Waals surface area contributed by atoms with Crippen molar-refractivity contribution in [2.24, 2.45) is 0 Å². The van der Waals surface area contributed by atoms with E-state index < -0.39 is 6.10 Å². The van der Waals surface area contributed by atoms with Gasteiger partial charge < -0.3 is 14.8 Å². The lowest BCUT2D eigenvalue weighted by Gasteiger charge is -2.19. The van der Waals surface area contributed by atoms with Gasteiger partial charge in [-0.05, 0) is 47.2 Å². The van der Waals surface area contributed by atoms with Gasteiger partial charge in [-0.15, -0.1) is 0 Å². The van der Waals surface area contributed by atoms with E-state index in [1.165, 1.54) is 0 Å². The maximum Gasteiger partial charge on any atom is 0.270 e. The number of carbonyl (C=O) groups excluding carboxylic acids is 1. The second kappa shape index (κ2) is 8.48. The number of hydrogen-bond acceptors (Lipinski definition) is 3. The van der Waals surface area contributed by atoms with Gasteiger partial charge in [0.15, 0.2) is 0 Å².